The molecule has 5 heteroatoms. The van der Waals surface area contributed by atoms with Gasteiger partial charge in [0.1, 0.15) is 5.82 Å². The molecule has 0 aliphatic heterocycles. The number of hydrogen-bond acceptors (Lipinski definition) is 1. The minimum absolute atomic E-state index is 0.159. The number of benzene rings is 1. The number of nitrogens with two attached hydrogens (primary N) is 1. The Bertz CT molecular complexity index is 384. The first kappa shape index (κ1) is 12.7. The van der Waals surface area contributed by atoms with Crippen molar-refractivity contribution in [2.75, 3.05) is 0 Å². The molecule has 0 amide bonds. The van der Waals surface area contributed by atoms with E-state index in [4.69, 9.17) is 5.73 Å². The zero-order valence-corrected chi connectivity index (χ0v) is 8.39. The van der Waals surface area contributed by atoms with Gasteiger partial charge in [0.25, 0.3) is 0 Å². The predicted octanol–water partition coefficient (Wildman–Crippen LogP) is 3.42. The standard InChI is InChI=1S/C11H11F4N/c1-2-3-10(16)8-6-7(12)4-5-9(8)11(13,14)15/h2,4-6,10H,1,3,16H2/t10-/m0/s1. The highest BCUT2D eigenvalue weighted by atomic mass is 19.4. The van der Waals surface area contributed by atoms with Crippen molar-refractivity contribution in [3.8, 4) is 0 Å². The molecule has 0 aliphatic carbocycles. The van der Waals surface area contributed by atoms with E-state index in [0.29, 0.717) is 6.07 Å². The monoisotopic (exact) mass is 233 g/mol. The zero-order valence-electron chi connectivity index (χ0n) is 8.39. The van der Waals surface area contributed by atoms with Gasteiger partial charge in [-0.05, 0) is 30.2 Å². The molecule has 2 N–H and O–H groups in total. The van der Waals surface area contributed by atoms with E-state index in [1.807, 2.05) is 0 Å². The predicted molar refractivity (Wildman–Crippen MR) is 53.1 cm³/mol. The molecular weight excluding hydrogens is 222 g/mol. The third kappa shape index (κ3) is 2.82. The van der Waals surface area contributed by atoms with Gasteiger partial charge < -0.3 is 5.73 Å². The molecule has 1 aromatic rings. The largest absolute Gasteiger partial charge is 0.416 e. The van der Waals surface area contributed by atoms with E-state index >= 15 is 0 Å². The first-order chi connectivity index (χ1) is 7.36. The Morgan fingerprint density at radius 1 is 1.38 bits per heavy atom. The first-order valence-corrected chi connectivity index (χ1v) is 4.59. The summed E-state index contributed by atoms with van der Waals surface area (Å²) in [7, 11) is 0. The van der Waals surface area contributed by atoms with Gasteiger partial charge in [-0.1, -0.05) is 6.08 Å². The Morgan fingerprint density at radius 2 is 2.00 bits per heavy atom. The third-order valence-corrected chi connectivity index (χ3v) is 2.14. The topological polar surface area (TPSA) is 26.0 Å². The molecule has 0 fully saturated rings. The quantitative estimate of drug-likeness (QED) is 0.628. The Hall–Kier alpha value is -1.36. The molecule has 0 bridgehead atoms. The maximum absolute atomic E-state index is 12.9. The van der Waals surface area contributed by atoms with E-state index in [-0.39, 0.29) is 12.0 Å². The summed E-state index contributed by atoms with van der Waals surface area (Å²) in [6, 6.07) is 1.39. The highest BCUT2D eigenvalue weighted by Crippen LogP contribution is 2.35. The van der Waals surface area contributed by atoms with Crippen molar-refractivity contribution in [3.05, 3.63) is 47.8 Å². The van der Waals surface area contributed by atoms with Crippen molar-refractivity contribution in [1.82, 2.24) is 0 Å². The van der Waals surface area contributed by atoms with Crippen molar-refractivity contribution in [2.45, 2.75) is 18.6 Å². The summed E-state index contributed by atoms with van der Waals surface area (Å²) in [5, 5.41) is 0. The minimum atomic E-state index is -4.53. The summed E-state index contributed by atoms with van der Waals surface area (Å²) in [5.74, 6) is -0.734. The fraction of sp³-hybridized carbons (Fsp3) is 0.273. The maximum atomic E-state index is 12.9. The van der Waals surface area contributed by atoms with E-state index in [0.717, 1.165) is 12.1 Å². The summed E-state index contributed by atoms with van der Waals surface area (Å²) in [4.78, 5) is 0. The maximum Gasteiger partial charge on any atom is 0.416 e. The molecule has 0 aliphatic rings. The number of rotatable bonds is 3. The lowest BCUT2D eigenvalue weighted by atomic mass is 9.98. The second-order valence-corrected chi connectivity index (χ2v) is 3.36. The molecule has 0 saturated heterocycles. The van der Waals surface area contributed by atoms with Crippen LogP contribution in [-0.4, -0.2) is 0 Å². The van der Waals surface area contributed by atoms with Crippen LogP contribution >= 0.6 is 0 Å². The summed E-state index contributed by atoms with van der Waals surface area (Å²) < 4.78 is 50.6. The van der Waals surface area contributed by atoms with Crippen LogP contribution in [0, 0.1) is 5.82 Å². The normalized spacial score (nSPS) is 13.6. The molecule has 0 radical (unpaired) electrons. The molecule has 16 heavy (non-hydrogen) atoms. The fourth-order valence-corrected chi connectivity index (χ4v) is 1.41. The second-order valence-electron chi connectivity index (χ2n) is 3.36. The van der Waals surface area contributed by atoms with Gasteiger partial charge in [0, 0.05) is 6.04 Å². The lowest BCUT2D eigenvalue weighted by Gasteiger charge is -2.17. The SMILES string of the molecule is C=CC[C@H](N)c1cc(F)ccc1C(F)(F)F. The molecule has 0 saturated carbocycles. The van der Waals surface area contributed by atoms with Gasteiger partial charge in [0.15, 0.2) is 0 Å². The van der Waals surface area contributed by atoms with Gasteiger partial charge in [-0.15, -0.1) is 6.58 Å². The highest BCUT2D eigenvalue weighted by molar-refractivity contribution is 5.33. The average molecular weight is 233 g/mol. The van der Waals surface area contributed by atoms with Crippen LogP contribution in [0.15, 0.2) is 30.9 Å². The Morgan fingerprint density at radius 3 is 2.50 bits per heavy atom. The van der Waals surface area contributed by atoms with E-state index in [2.05, 4.69) is 6.58 Å². The minimum Gasteiger partial charge on any atom is -0.324 e. The van der Waals surface area contributed by atoms with Crippen molar-refractivity contribution in [2.24, 2.45) is 5.73 Å². The van der Waals surface area contributed by atoms with Crippen LogP contribution in [0.4, 0.5) is 17.6 Å². The Balaban J connectivity index is 3.23. The second kappa shape index (κ2) is 4.65. The van der Waals surface area contributed by atoms with Gasteiger partial charge in [-0.25, -0.2) is 4.39 Å². The summed E-state index contributed by atoms with van der Waals surface area (Å²) in [6.07, 6.45) is -2.97. The molecule has 1 atom stereocenters. The highest BCUT2D eigenvalue weighted by Gasteiger charge is 2.34. The van der Waals surface area contributed by atoms with Crippen molar-refractivity contribution < 1.29 is 17.6 Å². The van der Waals surface area contributed by atoms with E-state index < -0.39 is 23.6 Å². The van der Waals surface area contributed by atoms with Crippen LogP contribution in [0.3, 0.4) is 0 Å². The van der Waals surface area contributed by atoms with Crippen LogP contribution in [0.1, 0.15) is 23.6 Å². The van der Waals surface area contributed by atoms with Gasteiger partial charge >= 0.3 is 6.18 Å². The van der Waals surface area contributed by atoms with Gasteiger partial charge in [-0.2, -0.15) is 13.2 Å². The van der Waals surface area contributed by atoms with Crippen molar-refractivity contribution in [1.29, 1.82) is 0 Å². The van der Waals surface area contributed by atoms with Crippen LogP contribution in [0.25, 0.3) is 0 Å². The van der Waals surface area contributed by atoms with Crippen LogP contribution < -0.4 is 5.73 Å². The Labute approximate surface area is 90.6 Å². The lowest BCUT2D eigenvalue weighted by Crippen LogP contribution is -2.17. The first-order valence-electron chi connectivity index (χ1n) is 4.59. The van der Waals surface area contributed by atoms with Crippen LogP contribution in [0.2, 0.25) is 0 Å². The van der Waals surface area contributed by atoms with Gasteiger partial charge in [0.2, 0.25) is 0 Å². The molecular formula is C11H11F4N. The molecule has 88 valence electrons. The van der Waals surface area contributed by atoms with E-state index in [9.17, 15) is 17.6 Å². The molecule has 1 nitrogen and oxygen atoms in total. The summed E-state index contributed by atoms with van der Waals surface area (Å²) in [5.41, 5.74) is 4.39. The third-order valence-electron chi connectivity index (χ3n) is 2.14. The number of hydrogen-bond donors (Lipinski definition) is 1. The van der Waals surface area contributed by atoms with Gasteiger partial charge in [0.05, 0.1) is 5.56 Å². The Kier molecular flexibility index (Phi) is 3.70. The molecule has 1 aromatic carbocycles. The summed E-state index contributed by atoms with van der Waals surface area (Å²) in [6.45, 7) is 3.39. The molecule has 0 heterocycles. The lowest BCUT2D eigenvalue weighted by molar-refractivity contribution is -0.138. The average Bonchev–Trinajstić information content (AvgIpc) is 2.16. The molecule has 0 unspecified atom stereocenters. The molecule has 0 aromatic heterocycles. The zero-order chi connectivity index (χ0) is 12.3. The number of alkyl halides is 3. The molecule has 1 rings (SSSR count). The van der Waals surface area contributed by atoms with E-state index in [1.54, 1.807) is 0 Å². The smallest absolute Gasteiger partial charge is 0.324 e. The van der Waals surface area contributed by atoms with Gasteiger partial charge in [-0.3, -0.25) is 0 Å². The van der Waals surface area contributed by atoms with E-state index in [1.165, 1.54) is 6.08 Å². The fourth-order valence-electron chi connectivity index (χ4n) is 1.41. The van der Waals surface area contributed by atoms with Crippen molar-refractivity contribution in [3.63, 3.8) is 0 Å². The molecule has 0 spiro atoms. The van der Waals surface area contributed by atoms with Crippen LogP contribution in [0.5, 0.6) is 0 Å². The summed E-state index contributed by atoms with van der Waals surface area (Å²) >= 11 is 0. The number of halogens is 4. The van der Waals surface area contributed by atoms with Crippen LogP contribution in [-0.2, 0) is 6.18 Å². The van der Waals surface area contributed by atoms with Crippen molar-refractivity contribution >= 4 is 0 Å².